The maximum Gasteiger partial charge on any atom is 0.0589 e. The van der Waals surface area contributed by atoms with Crippen molar-refractivity contribution in [2.75, 3.05) is 25.7 Å². The Morgan fingerprint density at radius 1 is 0.357 bits per heavy atom. The molecule has 0 amide bonds. The van der Waals surface area contributed by atoms with E-state index in [0.717, 1.165) is 0 Å². The van der Waals surface area contributed by atoms with Gasteiger partial charge in [-0.2, -0.15) is 0 Å². The molecule has 0 aromatic carbocycles. The average molecular weight is 435 g/mol. The lowest BCUT2D eigenvalue weighted by Gasteiger charge is -2.18. The highest BCUT2D eigenvalue weighted by Crippen LogP contribution is 2.52. The molecule has 0 atom stereocenters. The molecule has 0 saturated heterocycles. The highest BCUT2D eigenvalue weighted by Gasteiger charge is 2.23. The van der Waals surface area contributed by atoms with Gasteiger partial charge < -0.3 is 12.4 Å². The molecule has 0 spiro atoms. The van der Waals surface area contributed by atoms with Crippen molar-refractivity contribution in [1.29, 1.82) is 0 Å². The topological polar surface area (TPSA) is 0 Å². The van der Waals surface area contributed by atoms with Crippen LogP contribution < -0.4 is 12.4 Å². The smallest absolute Gasteiger partial charge is 0.0589 e. The van der Waals surface area contributed by atoms with Crippen LogP contribution >= 0.6 is 7.26 Å². The molecule has 0 aliphatic heterocycles. The lowest BCUT2D eigenvalue weighted by Crippen LogP contribution is -3.00. The van der Waals surface area contributed by atoms with Crippen LogP contribution in [0.2, 0.25) is 0 Å². The summed E-state index contributed by atoms with van der Waals surface area (Å²) >= 11 is 0. The van der Waals surface area contributed by atoms with Gasteiger partial charge in [-0.3, -0.25) is 0 Å². The van der Waals surface area contributed by atoms with Gasteiger partial charge in [0.15, 0.2) is 0 Å². The predicted octanol–water partition coefficient (Wildman–Crippen LogP) is 7.11. The van der Waals surface area contributed by atoms with E-state index in [1.54, 1.807) is 12.3 Å². The van der Waals surface area contributed by atoms with Crippen molar-refractivity contribution in [2.24, 2.45) is 0 Å². The van der Waals surface area contributed by atoms with E-state index in [-0.39, 0.29) is 12.4 Å². The van der Waals surface area contributed by atoms with Gasteiger partial charge in [0, 0.05) is 20.6 Å². The second-order valence-corrected chi connectivity index (χ2v) is 14.5. The number of hydrogen-bond donors (Lipinski definition) is 0. The molecular weight excluding hydrogens is 379 g/mol. The molecule has 28 heavy (non-hydrogen) atoms. The van der Waals surface area contributed by atoms with E-state index in [0.29, 0.717) is 0 Å². The Bertz CT molecular complexity index is 278. The van der Waals surface area contributed by atoms with E-state index < -0.39 is 7.26 Å². The number of halogens is 1. The molecule has 0 fully saturated rings. The van der Waals surface area contributed by atoms with E-state index >= 15 is 0 Å². The second-order valence-electron chi connectivity index (χ2n) is 9.75. The van der Waals surface area contributed by atoms with Crippen LogP contribution in [0.4, 0.5) is 0 Å². The zero-order chi connectivity index (χ0) is 20.1. The maximum atomic E-state index is 2.61. The highest BCUT2D eigenvalue weighted by atomic mass is 35.5. The van der Waals surface area contributed by atoms with Gasteiger partial charge in [-0.1, -0.05) is 117 Å². The lowest BCUT2D eigenvalue weighted by molar-refractivity contribution is -0.00000629. The van der Waals surface area contributed by atoms with Gasteiger partial charge in [0.1, 0.15) is 0 Å². The van der Waals surface area contributed by atoms with Gasteiger partial charge in [-0.15, -0.1) is 0 Å². The van der Waals surface area contributed by atoms with Gasteiger partial charge in [0.2, 0.25) is 0 Å². The fourth-order valence-corrected chi connectivity index (χ4v) is 6.55. The molecule has 0 aromatic heterocycles. The molecule has 0 bridgehead atoms. The first-order valence-corrected chi connectivity index (χ1v) is 16.0. The van der Waals surface area contributed by atoms with Gasteiger partial charge in [0.05, 0.1) is 12.3 Å². The molecule has 172 valence electrons. The molecule has 0 saturated carbocycles. The first-order valence-electron chi connectivity index (χ1n) is 12.9. The first-order chi connectivity index (χ1) is 13.1. The molecule has 0 aliphatic rings. The highest BCUT2D eigenvalue weighted by molar-refractivity contribution is 7.74. The Hall–Kier alpha value is 0.720. The van der Waals surface area contributed by atoms with Gasteiger partial charge in [-0.25, -0.2) is 0 Å². The average Bonchev–Trinajstić information content (AvgIpc) is 2.65. The molecule has 0 unspecified atom stereocenters. The fraction of sp³-hybridized carbons (Fsp3) is 1.00. The van der Waals surface area contributed by atoms with Gasteiger partial charge >= 0.3 is 0 Å². The van der Waals surface area contributed by atoms with Crippen LogP contribution in [0.25, 0.3) is 0 Å². The lowest BCUT2D eigenvalue weighted by atomic mass is 10.0. The molecule has 0 N–H and O–H groups in total. The maximum absolute atomic E-state index is 2.61. The van der Waals surface area contributed by atoms with Crippen LogP contribution in [0.15, 0.2) is 0 Å². The van der Waals surface area contributed by atoms with Crippen molar-refractivity contribution >= 4 is 7.26 Å². The summed E-state index contributed by atoms with van der Waals surface area (Å²) in [5.41, 5.74) is 0. The summed E-state index contributed by atoms with van der Waals surface area (Å²) in [6.07, 6.45) is 32.5. The van der Waals surface area contributed by atoms with Crippen LogP contribution in [0.1, 0.15) is 142 Å². The van der Waals surface area contributed by atoms with E-state index in [4.69, 9.17) is 0 Å². The summed E-state index contributed by atoms with van der Waals surface area (Å²) < 4.78 is 0. The van der Waals surface area contributed by atoms with E-state index in [1.807, 2.05) is 0 Å². The number of hydrogen-bond acceptors (Lipinski definition) is 0. The van der Waals surface area contributed by atoms with Crippen molar-refractivity contribution in [2.45, 2.75) is 142 Å². The molecule has 0 heterocycles. The van der Waals surface area contributed by atoms with Crippen LogP contribution in [0.3, 0.4) is 0 Å². The van der Waals surface area contributed by atoms with E-state index in [9.17, 15) is 0 Å². The second kappa shape index (κ2) is 24.0. The van der Waals surface area contributed by atoms with E-state index in [1.165, 1.54) is 128 Å². The minimum atomic E-state index is -0.583. The molecule has 0 aliphatic carbocycles. The number of unbranched alkanes of at least 4 members (excludes halogenated alkanes) is 18. The van der Waals surface area contributed by atoms with Crippen LogP contribution in [0, 0.1) is 0 Å². The summed E-state index contributed by atoms with van der Waals surface area (Å²) in [6.45, 7) is 9.84. The SMILES string of the molecule is CCCCCCCCCCCCCCCC[P+](C)(C)CCCCCCCC.[Cl-]. The van der Waals surface area contributed by atoms with Crippen molar-refractivity contribution in [3.63, 3.8) is 0 Å². The van der Waals surface area contributed by atoms with Crippen LogP contribution in [0.5, 0.6) is 0 Å². The molecular formula is C26H56ClP. The van der Waals surface area contributed by atoms with Crippen LogP contribution in [-0.2, 0) is 0 Å². The van der Waals surface area contributed by atoms with Crippen molar-refractivity contribution in [3.8, 4) is 0 Å². The zero-order valence-corrected chi connectivity index (χ0v) is 22.0. The Labute approximate surface area is 187 Å². The standard InChI is InChI=1S/C26H56P.ClH/c1-5-7-9-11-13-14-15-16-17-18-19-20-22-24-26-27(3,4)25-23-21-12-10-8-6-2;/h5-26H2,1-4H3;1H/q+1;/p-1. The Balaban J connectivity index is 0. The molecule has 0 aromatic rings. The Morgan fingerprint density at radius 3 is 0.821 bits per heavy atom. The third-order valence-electron chi connectivity index (χ3n) is 6.23. The minimum Gasteiger partial charge on any atom is -1.00 e. The van der Waals surface area contributed by atoms with Crippen molar-refractivity contribution < 1.29 is 12.4 Å². The van der Waals surface area contributed by atoms with Crippen molar-refractivity contribution in [3.05, 3.63) is 0 Å². The molecule has 0 nitrogen and oxygen atoms in total. The normalized spacial score (nSPS) is 11.6. The summed E-state index contributed by atoms with van der Waals surface area (Å²) in [5, 5.41) is 0. The molecule has 2 heteroatoms. The molecule has 0 rings (SSSR count). The quantitative estimate of drug-likeness (QED) is 0.126. The molecule has 0 radical (unpaired) electrons. The third-order valence-corrected chi connectivity index (χ3v) is 9.29. The monoisotopic (exact) mass is 434 g/mol. The number of rotatable bonds is 22. The van der Waals surface area contributed by atoms with Crippen LogP contribution in [-0.4, -0.2) is 25.7 Å². The van der Waals surface area contributed by atoms with Crippen molar-refractivity contribution in [1.82, 2.24) is 0 Å². The summed E-state index contributed by atoms with van der Waals surface area (Å²) in [6, 6.07) is 0. The van der Waals surface area contributed by atoms with E-state index in [2.05, 4.69) is 27.2 Å². The summed E-state index contributed by atoms with van der Waals surface area (Å²) in [5.74, 6) is 0. The third kappa shape index (κ3) is 24.8. The Kier molecular flexibility index (Phi) is 26.5. The zero-order valence-electron chi connectivity index (χ0n) is 20.4. The summed E-state index contributed by atoms with van der Waals surface area (Å²) in [4.78, 5) is 0. The minimum absolute atomic E-state index is 0. The fourth-order valence-electron chi connectivity index (χ4n) is 4.17. The summed E-state index contributed by atoms with van der Waals surface area (Å²) in [7, 11) is -0.583. The van der Waals surface area contributed by atoms with Gasteiger partial charge in [0.25, 0.3) is 0 Å². The van der Waals surface area contributed by atoms with Gasteiger partial charge in [-0.05, 0) is 25.7 Å². The first kappa shape index (κ1) is 30.9. The Morgan fingerprint density at radius 2 is 0.571 bits per heavy atom. The largest absolute Gasteiger partial charge is 1.00 e. The predicted molar refractivity (Wildman–Crippen MR) is 132 cm³/mol.